The number of phenolic OH excluding ortho intramolecular Hbond substituents is 4. The summed E-state index contributed by atoms with van der Waals surface area (Å²) in [5.74, 6) is -3.33. The van der Waals surface area contributed by atoms with Crippen LogP contribution in [0.2, 0.25) is 0 Å². The third kappa shape index (κ3) is 6.95. The summed E-state index contributed by atoms with van der Waals surface area (Å²) >= 11 is 0. The molecule has 19 nitrogen and oxygen atoms in total. The lowest BCUT2D eigenvalue weighted by atomic mass is 9.98. The summed E-state index contributed by atoms with van der Waals surface area (Å²) in [5.41, 5.74) is -1.35. The third-order valence-electron chi connectivity index (χ3n) is 7.29. The number of rotatable bonds is 6. The monoisotopic (exact) mass is 664 g/mol. The molecule has 2 aliphatic heterocycles. The maximum Gasteiger partial charge on any atom is 0.239 e. The minimum absolute atomic E-state index is 0. The number of aromatic hydroxyl groups is 4. The molecule has 0 bridgehead atoms. The van der Waals surface area contributed by atoms with Crippen LogP contribution in [0, 0.1) is 0 Å². The number of hydrogen-bond acceptors (Lipinski definition) is 16. The number of phenols is 4. The standard InChI is InChI=1S/C27H30O16.3H2O/c1-8-17(32)20(35)22(37)26(40-8)39-7-15-18(33)21(36)23(38)27(42-15)43-25-19(34)16-13(31)5-10(28)6-14(16)41-24(25)9-2-3-11(29)12(30)4-9;;;/h2-6,8,15,17-18,20-23,26-33,35-38H,7H2,1H3;3*1H2/t8-,15+,17-,18+,20+,21-,22+,23+,26+,27-;;;/m1.../s1. The van der Waals surface area contributed by atoms with Gasteiger partial charge in [-0.3, -0.25) is 4.79 Å². The fourth-order valence-corrected chi connectivity index (χ4v) is 4.84. The normalized spacial score (nSPS) is 30.8. The van der Waals surface area contributed by atoms with Gasteiger partial charge in [-0.1, -0.05) is 0 Å². The molecular formula is C27H36O19. The van der Waals surface area contributed by atoms with Crippen LogP contribution in [0.15, 0.2) is 39.5 Å². The highest BCUT2D eigenvalue weighted by molar-refractivity contribution is 5.88. The Labute approximate surface area is 257 Å². The average molecular weight is 665 g/mol. The van der Waals surface area contributed by atoms with E-state index in [1.54, 1.807) is 0 Å². The van der Waals surface area contributed by atoms with E-state index in [4.69, 9.17) is 23.4 Å². The molecule has 3 heterocycles. The smallest absolute Gasteiger partial charge is 0.239 e. The minimum atomic E-state index is -1.97. The van der Waals surface area contributed by atoms with Gasteiger partial charge in [0.2, 0.25) is 17.5 Å². The van der Waals surface area contributed by atoms with Crippen molar-refractivity contribution in [2.75, 3.05) is 6.61 Å². The number of benzene rings is 2. The number of aliphatic hydroxyl groups excluding tert-OH is 6. The second kappa shape index (κ2) is 14.7. The van der Waals surface area contributed by atoms with Crippen molar-refractivity contribution >= 4 is 11.0 Å². The van der Waals surface area contributed by atoms with E-state index in [-0.39, 0.29) is 27.6 Å². The van der Waals surface area contributed by atoms with Crippen molar-refractivity contribution in [2.24, 2.45) is 0 Å². The Hall–Kier alpha value is -3.83. The summed E-state index contributed by atoms with van der Waals surface area (Å²) in [6.07, 6.45) is -16.2. The first kappa shape index (κ1) is 38.4. The Bertz CT molecular complexity index is 1540. The molecule has 5 rings (SSSR count). The highest BCUT2D eigenvalue weighted by atomic mass is 16.7. The predicted octanol–water partition coefficient (Wildman–Crippen LogP) is -4.16. The SMILES string of the molecule is C[C@H]1O[C@H](OC[C@@H]2O[C@H](Oc3c(-c4ccc(O)c(O)c4)oc4cc(O)cc(O)c4c3=O)[C@@H](O)[C@H](O)[C@H]2O)[C@@H](O)[C@@H](O)[C@@H]1O.O.O.O. The van der Waals surface area contributed by atoms with E-state index in [1.807, 2.05) is 0 Å². The fourth-order valence-electron chi connectivity index (χ4n) is 4.84. The summed E-state index contributed by atoms with van der Waals surface area (Å²) < 4.78 is 27.8. The van der Waals surface area contributed by atoms with E-state index in [0.29, 0.717) is 0 Å². The van der Waals surface area contributed by atoms with Crippen molar-refractivity contribution in [1.29, 1.82) is 0 Å². The lowest BCUT2D eigenvalue weighted by Crippen LogP contribution is -2.61. The zero-order valence-corrected chi connectivity index (χ0v) is 23.8. The predicted molar refractivity (Wildman–Crippen MR) is 151 cm³/mol. The van der Waals surface area contributed by atoms with Gasteiger partial charge in [-0.15, -0.1) is 0 Å². The first-order valence-electron chi connectivity index (χ1n) is 13.0. The van der Waals surface area contributed by atoms with Crippen LogP contribution in [-0.2, 0) is 14.2 Å². The fraction of sp³-hybridized carbons (Fsp3) is 0.444. The van der Waals surface area contributed by atoms with Gasteiger partial charge in [0.25, 0.3) is 0 Å². The maximum atomic E-state index is 13.6. The van der Waals surface area contributed by atoms with Crippen LogP contribution in [-0.4, -0.2) is 136 Å². The molecule has 0 saturated carbocycles. The minimum Gasteiger partial charge on any atom is -0.508 e. The van der Waals surface area contributed by atoms with Crippen LogP contribution >= 0.6 is 0 Å². The first-order valence-corrected chi connectivity index (χ1v) is 13.0. The summed E-state index contributed by atoms with van der Waals surface area (Å²) in [4.78, 5) is 13.6. The molecule has 0 unspecified atom stereocenters. The molecule has 0 spiro atoms. The summed E-state index contributed by atoms with van der Waals surface area (Å²) in [7, 11) is 0. The van der Waals surface area contributed by atoms with Gasteiger partial charge in [-0.2, -0.15) is 0 Å². The van der Waals surface area contributed by atoms with Crippen molar-refractivity contribution in [2.45, 2.75) is 68.3 Å². The van der Waals surface area contributed by atoms with Crippen LogP contribution < -0.4 is 10.2 Å². The van der Waals surface area contributed by atoms with Gasteiger partial charge < -0.3 is 90.9 Å². The Morgan fingerprint density at radius 3 is 2.00 bits per heavy atom. The molecule has 2 saturated heterocycles. The number of aliphatic hydroxyl groups is 6. The lowest BCUT2D eigenvalue weighted by Gasteiger charge is -2.42. The molecule has 19 heteroatoms. The molecule has 2 aliphatic rings. The molecule has 2 fully saturated rings. The molecule has 16 N–H and O–H groups in total. The molecule has 1 aromatic heterocycles. The van der Waals surface area contributed by atoms with Crippen LogP contribution in [0.3, 0.4) is 0 Å². The van der Waals surface area contributed by atoms with Crippen LogP contribution in [0.4, 0.5) is 0 Å². The highest BCUT2D eigenvalue weighted by Crippen LogP contribution is 2.39. The molecule has 258 valence electrons. The quantitative estimate of drug-likeness (QED) is 0.112. The largest absolute Gasteiger partial charge is 0.508 e. The van der Waals surface area contributed by atoms with Crippen LogP contribution in [0.1, 0.15) is 6.92 Å². The molecule has 2 aromatic carbocycles. The van der Waals surface area contributed by atoms with Gasteiger partial charge in [0.1, 0.15) is 65.2 Å². The van der Waals surface area contributed by atoms with Gasteiger partial charge in [-0.25, -0.2) is 0 Å². The average Bonchev–Trinajstić information content (AvgIpc) is 2.96. The highest BCUT2D eigenvalue weighted by Gasteiger charge is 2.47. The van der Waals surface area contributed by atoms with Crippen molar-refractivity contribution in [1.82, 2.24) is 0 Å². The third-order valence-corrected chi connectivity index (χ3v) is 7.29. The zero-order chi connectivity index (χ0) is 31.3. The molecule has 0 aliphatic carbocycles. The lowest BCUT2D eigenvalue weighted by molar-refractivity contribution is -0.318. The molecular weight excluding hydrogens is 628 g/mol. The van der Waals surface area contributed by atoms with E-state index in [2.05, 4.69) is 0 Å². The van der Waals surface area contributed by atoms with Gasteiger partial charge >= 0.3 is 0 Å². The molecule has 0 radical (unpaired) electrons. The van der Waals surface area contributed by atoms with E-state index in [9.17, 15) is 55.9 Å². The van der Waals surface area contributed by atoms with Gasteiger partial charge in [0.15, 0.2) is 23.5 Å². The zero-order valence-electron chi connectivity index (χ0n) is 23.8. The second-order valence-corrected chi connectivity index (χ2v) is 10.3. The summed E-state index contributed by atoms with van der Waals surface area (Å²) in [5, 5.41) is 101. The van der Waals surface area contributed by atoms with Crippen molar-refractivity contribution in [3.63, 3.8) is 0 Å². The van der Waals surface area contributed by atoms with E-state index >= 15 is 0 Å². The van der Waals surface area contributed by atoms with E-state index < -0.39 is 113 Å². The Balaban J connectivity index is 0.00000245. The Morgan fingerprint density at radius 2 is 1.35 bits per heavy atom. The van der Waals surface area contributed by atoms with Crippen molar-refractivity contribution in [3.05, 3.63) is 40.6 Å². The van der Waals surface area contributed by atoms with E-state index in [1.165, 1.54) is 13.0 Å². The second-order valence-electron chi connectivity index (χ2n) is 10.3. The van der Waals surface area contributed by atoms with Gasteiger partial charge in [-0.05, 0) is 25.1 Å². The number of ether oxygens (including phenoxy) is 4. The number of hydrogen-bond donors (Lipinski definition) is 10. The van der Waals surface area contributed by atoms with Gasteiger partial charge in [0.05, 0.1) is 12.7 Å². The summed E-state index contributed by atoms with van der Waals surface area (Å²) in [6.45, 7) is 0.818. The Morgan fingerprint density at radius 1 is 0.717 bits per heavy atom. The van der Waals surface area contributed by atoms with Crippen molar-refractivity contribution < 1.29 is 90.9 Å². The van der Waals surface area contributed by atoms with Crippen LogP contribution in [0.25, 0.3) is 22.3 Å². The first-order chi connectivity index (χ1) is 20.3. The maximum absolute atomic E-state index is 13.6. The molecule has 3 aromatic rings. The topological polar surface area (TPSA) is 364 Å². The molecule has 46 heavy (non-hydrogen) atoms. The van der Waals surface area contributed by atoms with Crippen LogP contribution in [0.5, 0.6) is 28.7 Å². The Kier molecular flexibility index (Phi) is 12.3. The number of fused-ring (bicyclic) bond motifs is 1. The van der Waals surface area contributed by atoms with E-state index in [0.717, 1.165) is 24.3 Å². The van der Waals surface area contributed by atoms with Crippen molar-refractivity contribution in [3.8, 4) is 40.1 Å². The molecule has 10 atom stereocenters. The summed E-state index contributed by atoms with van der Waals surface area (Å²) in [6, 6.07) is 5.24. The molecule has 0 amide bonds. The van der Waals surface area contributed by atoms with Gasteiger partial charge in [0, 0.05) is 17.7 Å².